The molecule has 0 saturated carbocycles. The van der Waals surface area contributed by atoms with Gasteiger partial charge in [0, 0.05) is 6.92 Å². The molecule has 2 unspecified atom stereocenters. The van der Waals surface area contributed by atoms with Gasteiger partial charge in [0.1, 0.15) is 0 Å². The fraction of sp³-hybridized carbons (Fsp3) is 0.889. The molecule has 0 aromatic heterocycles. The zero-order valence-electron chi connectivity index (χ0n) is 8.45. The lowest BCUT2D eigenvalue weighted by Gasteiger charge is -2.34. The molecule has 1 aliphatic rings. The van der Waals surface area contributed by atoms with Gasteiger partial charge in [-0.05, 0) is 26.9 Å². The van der Waals surface area contributed by atoms with Gasteiger partial charge >= 0.3 is 5.97 Å². The highest BCUT2D eigenvalue weighted by atomic mass is 16.7. The van der Waals surface area contributed by atoms with E-state index >= 15 is 0 Å². The summed E-state index contributed by atoms with van der Waals surface area (Å²) in [6.45, 7) is 2.09. The molecular formula is C9H17NO3. The number of esters is 1. The molecule has 0 amide bonds. The Morgan fingerprint density at radius 1 is 1.54 bits per heavy atom. The van der Waals surface area contributed by atoms with Crippen LogP contribution in [0.3, 0.4) is 0 Å². The van der Waals surface area contributed by atoms with Crippen LogP contribution < -0.4 is 0 Å². The van der Waals surface area contributed by atoms with Crippen LogP contribution in [0.1, 0.15) is 19.8 Å². The number of ether oxygens (including phenoxy) is 2. The first-order valence-corrected chi connectivity index (χ1v) is 4.56. The van der Waals surface area contributed by atoms with E-state index in [9.17, 15) is 4.79 Å². The van der Waals surface area contributed by atoms with E-state index in [0.29, 0.717) is 6.61 Å². The maximum absolute atomic E-state index is 10.8. The molecule has 76 valence electrons. The van der Waals surface area contributed by atoms with Crippen molar-refractivity contribution < 1.29 is 14.3 Å². The molecule has 1 fully saturated rings. The summed E-state index contributed by atoms with van der Waals surface area (Å²) in [7, 11) is 3.94. The van der Waals surface area contributed by atoms with Crippen LogP contribution in [0.5, 0.6) is 0 Å². The van der Waals surface area contributed by atoms with E-state index in [1.54, 1.807) is 0 Å². The van der Waals surface area contributed by atoms with Gasteiger partial charge in [0.25, 0.3) is 0 Å². The van der Waals surface area contributed by atoms with Crippen molar-refractivity contribution in [2.24, 2.45) is 0 Å². The Bertz CT molecular complexity index is 182. The van der Waals surface area contributed by atoms with Crippen LogP contribution in [-0.2, 0) is 14.3 Å². The lowest BCUT2D eigenvalue weighted by molar-refractivity contribution is -0.200. The van der Waals surface area contributed by atoms with Gasteiger partial charge in [-0.2, -0.15) is 0 Å². The average Bonchev–Trinajstić information content (AvgIpc) is 2.03. The van der Waals surface area contributed by atoms with Gasteiger partial charge in [-0.25, -0.2) is 0 Å². The zero-order chi connectivity index (χ0) is 9.84. The molecule has 0 aromatic rings. The third-order valence-electron chi connectivity index (χ3n) is 2.19. The Hall–Kier alpha value is -0.610. The summed E-state index contributed by atoms with van der Waals surface area (Å²) in [6.07, 6.45) is 1.66. The summed E-state index contributed by atoms with van der Waals surface area (Å²) in [5.41, 5.74) is 0. The van der Waals surface area contributed by atoms with Crippen molar-refractivity contribution in [3.05, 3.63) is 0 Å². The largest absolute Gasteiger partial charge is 0.434 e. The molecule has 13 heavy (non-hydrogen) atoms. The first-order chi connectivity index (χ1) is 6.11. The number of hydrogen-bond donors (Lipinski definition) is 0. The molecule has 1 aliphatic heterocycles. The SMILES string of the molecule is CC(=O)OC1OCCCC1N(C)C. The van der Waals surface area contributed by atoms with Gasteiger partial charge in [0.15, 0.2) is 0 Å². The first-order valence-electron chi connectivity index (χ1n) is 4.56. The molecule has 0 aromatic carbocycles. The Labute approximate surface area is 78.8 Å². The molecule has 1 rings (SSSR count). The van der Waals surface area contributed by atoms with E-state index in [1.165, 1.54) is 6.92 Å². The summed E-state index contributed by atoms with van der Waals surface area (Å²) in [5, 5.41) is 0. The third kappa shape index (κ3) is 2.97. The van der Waals surface area contributed by atoms with Crippen LogP contribution in [0.4, 0.5) is 0 Å². The Kier molecular flexibility index (Phi) is 3.69. The minimum atomic E-state index is -0.388. The normalized spacial score (nSPS) is 28.9. The highest BCUT2D eigenvalue weighted by Gasteiger charge is 2.29. The van der Waals surface area contributed by atoms with Gasteiger partial charge in [0.2, 0.25) is 6.29 Å². The molecule has 2 atom stereocenters. The molecule has 0 aliphatic carbocycles. The fourth-order valence-corrected chi connectivity index (χ4v) is 1.52. The average molecular weight is 187 g/mol. The van der Waals surface area contributed by atoms with Gasteiger partial charge in [-0.3, -0.25) is 4.79 Å². The molecule has 1 heterocycles. The van der Waals surface area contributed by atoms with E-state index in [-0.39, 0.29) is 18.3 Å². The van der Waals surface area contributed by atoms with Crippen LogP contribution in [0, 0.1) is 0 Å². The van der Waals surface area contributed by atoms with Crippen molar-refractivity contribution in [3.8, 4) is 0 Å². The predicted molar refractivity (Wildman–Crippen MR) is 48.2 cm³/mol. The molecule has 4 heteroatoms. The fourth-order valence-electron chi connectivity index (χ4n) is 1.52. The van der Waals surface area contributed by atoms with E-state index in [1.807, 2.05) is 19.0 Å². The molecule has 0 N–H and O–H groups in total. The second kappa shape index (κ2) is 4.58. The maximum atomic E-state index is 10.8. The minimum Gasteiger partial charge on any atom is -0.434 e. The summed E-state index contributed by atoms with van der Waals surface area (Å²) in [5.74, 6) is -0.279. The van der Waals surface area contributed by atoms with Crippen molar-refractivity contribution in [1.29, 1.82) is 0 Å². The standard InChI is InChI=1S/C9H17NO3/c1-7(11)13-9-8(10(2)3)5-4-6-12-9/h8-9H,4-6H2,1-3H3. The summed E-state index contributed by atoms with van der Waals surface area (Å²) in [6, 6.07) is 0.192. The molecule has 0 spiro atoms. The Morgan fingerprint density at radius 3 is 2.77 bits per heavy atom. The number of rotatable bonds is 2. The number of nitrogens with zero attached hydrogens (tertiary/aromatic N) is 1. The van der Waals surface area contributed by atoms with Crippen LogP contribution in [0.25, 0.3) is 0 Å². The lowest BCUT2D eigenvalue weighted by atomic mass is 10.1. The van der Waals surface area contributed by atoms with Crippen molar-refractivity contribution in [1.82, 2.24) is 4.90 Å². The maximum Gasteiger partial charge on any atom is 0.304 e. The first kappa shape index (κ1) is 10.5. The quantitative estimate of drug-likeness (QED) is 0.594. The highest BCUT2D eigenvalue weighted by molar-refractivity contribution is 5.66. The number of carbonyl (C=O) groups is 1. The number of hydrogen-bond acceptors (Lipinski definition) is 4. The van der Waals surface area contributed by atoms with E-state index in [2.05, 4.69) is 0 Å². The molecular weight excluding hydrogens is 170 g/mol. The van der Waals surface area contributed by atoms with Crippen molar-refractivity contribution >= 4 is 5.97 Å². The van der Waals surface area contributed by atoms with Gasteiger partial charge in [-0.15, -0.1) is 0 Å². The van der Waals surface area contributed by atoms with Crippen molar-refractivity contribution in [2.45, 2.75) is 32.1 Å². The smallest absolute Gasteiger partial charge is 0.304 e. The third-order valence-corrected chi connectivity index (χ3v) is 2.19. The molecule has 0 bridgehead atoms. The summed E-state index contributed by atoms with van der Waals surface area (Å²) < 4.78 is 10.4. The van der Waals surface area contributed by atoms with E-state index in [0.717, 1.165) is 12.8 Å². The number of carbonyl (C=O) groups excluding carboxylic acids is 1. The Balaban J connectivity index is 2.51. The Morgan fingerprint density at radius 2 is 2.23 bits per heavy atom. The molecule has 1 saturated heterocycles. The van der Waals surface area contributed by atoms with Crippen LogP contribution >= 0.6 is 0 Å². The summed E-state index contributed by atoms with van der Waals surface area (Å²) >= 11 is 0. The van der Waals surface area contributed by atoms with Gasteiger partial charge in [-0.1, -0.05) is 0 Å². The number of likely N-dealkylation sites (N-methyl/N-ethyl adjacent to an activating group) is 1. The van der Waals surface area contributed by atoms with Crippen LogP contribution in [-0.4, -0.2) is 43.9 Å². The lowest BCUT2D eigenvalue weighted by Crippen LogP contribution is -2.45. The van der Waals surface area contributed by atoms with Crippen molar-refractivity contribution in [2.75, 3.05) is 20.7 Å². The van der Waals surface area contributed by atoms with E-state index < -0.39 is 0 Å². The topological polar surface area (TPSA) is 38.8 Å². The zero-order valence-corrected chi connectivity index (χ0v) is 8.45. The highest BCUT2D eigenvalue weighted by Crippen LogP contribution is 2.18. The van der Waals surface area contributed by atoms with Crippen LogP contribution in [0.2, 0.25) is 0 Å². The van der Waals surface area contributed by atoms with Crippen LogP contribution in [0.15, 0.2) is 0 Å². The van der Waals surface area contributed by atoms with Crippen molar-refractivity contribution in [3.63, 3.8) is 0 Å². The predicted octanol–water partition coefficient (Wildman–Crippen LogP) is 0.616. The minimum absolute atomic E-state index is 0.192. The molecule has 4 nitrogen and oxygen atoms in total. The van der Waals surface area contributed by atoms with Gasteiger partial charge < -0.3 is 14.4 Å². The monoisotopic (exact) mass is 187 g/mol. The second-order valence-corrected chi connectivity index (χ2v) is 3.52. The summed E-state index contributed by atoms with van der Waals surface area (Å²) in [4.78, 5) is 12.8. The molecule has 0 radical (unpaired) electrons. The van der Waals surface area contributed by atoms with E-state index in [4.69, 9.17) is 9.47 Å². The van der Waals surface area contributed by atoms with Gasteiger partial charge in [0.05, 0.1) is 12.6 Å². The second-order valence-electron chi connectivity index (χ2n) is 3.52.